The van der Waals surface area contributed by atoms with Gasteiger partial charge in [-0.25, -0.2) is 8.42 Å². The molecule has 3 nitrogen and oxygen atoms in total. The number of hydrogen-bond donors (Lipinski definition) is 1. The van der Waals surface area contributed by atoms with Crippen molar-refractivity contribution in [3.8, 4) is 0 Å². The van der Waals surface area contributed by atoms with Crippen LogP contribution in [-0.4, -0.2) is 19.9 Å². The summed E-state index contributed by atoms with van der Waals surface area (Å²) in [6.07, 6.45) is 1.85. The molecule has 108 valence electrons. The highest BCUT2D eigenvalue weighted by atomic mass is 32.2. The van der Waals surface area contributed by atoms with Gasteiger partial charge < -0.3 is 5.73 Å². The molecule has 0 aromatic heterocycles. The molecule has 0 aliphatic heterocycles. The zero-order valence-electron chi connectivity index (χ0n) is 12.1. The van der Waals surface area contributed by atoms with Crippen LogP contribution in [0.4, 0.5) is 0 Å². The number of hydrogen-bond acceptors (Lipinski definition) is 3. The van der Waals surface area contributed by atoms with Crippen molar-refractivity contribution in [3.05, 3.63) is 35.4 Å². The average Bonchev–Trinajstić information content (AvgIpc) is 2.37. The maximum atomic E-state index is 12.0. The van der Waals surface area contributed by atoms with Crippen LogP contribution in [0.15, 0.2) is 24.3 Å². The Kier molecular flexibility index (Phi) is 6.01. The molecule has 0 spiro atoms. The summed E-state index contributed by atoms with van der Waals surface area (Å²) < 4.78 is 24.1. The largest absolute Gasteiger partial charge is 0.323 e. The molecule has 0 aliphatic rings. The molecule has 0 radical (unpaired) electrons. The molecule has 0 saturated heterocycles. The number of benzene rings is 1. The van der Waals surface area contributed by atoms with Crippen molar-refractivity contribution < 1.29 is 8.42 Å². The highest BCUT2D eigenvalue weighted by Crippen LogP contribution is 2.16. The fourth-order valence-electron chi connectivity index (χ4n) is 1.99. The van der Waals surface area contributed by atoms with Crippen molar-refractivity contribution >= 4 is 9.84 Å². The average molecular weight is 283 g/mol. The van der Waals surface area contributed by atoms with Gasteiger partial charge in [-0.05, 0) is 23.5 Å². The van der Waals surface area contributed by atoms with Crippen LogP contribution in [0.2, 0.25) is 0 Å². The standard InChI is InChI=1S/C15H25NO2S/c1-4-12(3)10-19(17,18)11-15(16)14-8-6-13(5-2)7-9-14/h6-9,12,15H,4-5,10-11,16H2,1-3H3. The number of nitrogens with two attached hydrogens (primary N) is 1. The fourth-order valence-corrected chi connectivity index (χ4v) is 3.97. The first-order valence-electron chi connectivity index (χ1n) is 6.92. The van der Waals surface area contributed by atoms with E-state index in [0.29, 0.717) is 0 Å². The Labute approximate surface area is 117 Å². The molecule has 0 bridgehead atoms. The van der Waals surface area contributed by atoms with Gasteiger partial charge in [0.2, 0.25) is 0 Å². The van der Waals surface area contributed by atoms with Gasteiger partial charge in [0.1, 0.15) is 0 Å². The van der Waals surface area contributed by atoms with Gasteiger partial charge in [-0.3, -0.25) is 0 Å². The second-order valence-electron chi connectivity index (χ2n) is 5.29. The van der Waals surface area contributed by atoms with E-state index in [1.54, 1.807) is 0 Å². The highest BCUT2D eigenvalue weighted by molar-refractivity contribution is 7.91. The molecule has 19 heavy (non-hydrogen) atoms. The van der Waals surface area contributed by atoms with Crippen LogP contribution in [0.3, 0.4) is 0 Å². The highest BCUT2D eigenvalue weighted by Gasteiger charge is 2.19. The van der Waals surface area contributed by atoms with Gasteiger partial charge in [-0.1, -0.05) is 51.5 Å². The SMILES string of the molecule is CCc1ccc(C(N)CS(=O)(=O)CC(C)CC)cc1. The van der Waals surface area contributed by atoms with Crippen LogP contribution in [0.25, 0.3) is 0 Å². The molecular formula is C15H25NO2S. The Hall–Kier alpha value is -0.870. The summed E-state index contributed by atoms with van der Waals surface area (Å²) in [5.41, 5.74) is 8.14. The van der Waals surface area contributed by atoms with Crippen LogP contribution in [0.1, 0.15) is 44.4 Å². The Balaban J connectivity index is 2.70. The third kappa shape index (κ3) is 5.33. The lowest BCUT2D eigenvalue weighted by Gasteiger charge is -2.15. The minimum Gasteiger partial charge on any atom is -0.323 e. The maximum Gasteiger partial charge on any atom is 0.152 e. The van der Waals surface area contributed by atoms with E-state index >= 15 is 0 Å². The number of sulfone groups is 1. The lowest BCUT2D eigenvalue weighted by atomic mass is 10.1. The summed E-state index contributed by atoms with van der Waals surface area (Å²) in [6, 6.07) is 7.46. The van der Waals surface area contributed by atoms with Crippen molar-refractivity contribution in [1.82, 2.24) is 0 Å². The molecule has 0 saturated carbocycles. The normalized spacial score (nSPS) is 15.2. The lowest BCUT2D eigenvalue weighted by Crippen LogP contribution is -2.25. The predicted molar refractivity (Wildman–Crippen MR) is 80.9 cm³/mol. The van der Waals surface area contributed by atoms with Crippen molar-refractivity contribution in [1.29, 1.82) is 0 Å². The molecule has 0 fully saturated rings. The Bertz CT molecular complexity index is 479. The Morgan fingerprint density at radius 2 is 1.68 bits per heavy atom. The molecule has 2 atom stereocenters. The van der Waals surface area contributed by atoms with Gasteiger partial charge in [0.05, 0.1) is 11.5 Å². The minimum atomic E-state index is -3.08. The van der Waals surface area contributed by atoms with Gasteiger partial charge >= 0.3 is 0 Å². The summed E-state index contributed by atoms with van der Waals surface area (Å²) in [6.45, 7) is 6.05. The molecule has 1 rings (SSSR count). The smallest absolute Gasteiger partial charge is 0.152 e. The lowest BCUT2D eigenvalue weighted by molar-refractivity contribution is 0.559. The number of aryl methyl sites for hydroxylation is 1. The van der Waals surface area contributed by atoms with Crippen molar-refractivity contribution in [2.45, 2.75) is 39.7 Å². The molecule has 2 N–H and O–H groups in total. The van der Waals surface area contributed by atoms with Crippen LogP contribution in [0.5, 0.6) is 0 Å². The topological polar surface area (TPSA) is 60.2 Å². The monoisotopic (exact) mass is 283 g/mol. The van der Waals surface area contributed by atoms with Gasteiger partial charge in [0.15, 0.2) is 9.84 Å². The summed E-state index contributed by atoms with van der Waals surface area (Å²) in [4.78, 5) is 0. The van der Waals surface area contributed by atoms with Crippen LogP contribution in [-0.2, 0) is 16.3 Å². The van der Waals surface area contributed by atoms with Crippen molar-refractivity contribution in [3.63, 3.8) is 0 Å². The first-order chi connectivity index (χ1) is 8.88. The van der Waals surface area contributed by atoms with E-state index in [1.807, 2.05) is 38.1 Å². The third-order valence-electron chi connectivity index (χ3n) is 3.48. The van der Waals surface area contributed by atoms with E-state index in [-0.39, 0.29) is 17.4 Å². The molecule has 0 heterocycles. The molecule has 2 unspecified atom stereocenters. The third-order valence-corrected chi connectivity index (χ3v) is 5.43. The van der Waals surface area contributed by atoms with Crippen LogP contribution in [0, 0.1) is 5.92 Å². The molecule has 0 amide bonds. The van der Waals surface area contributed by atoms with E-state index in [2.05, 4.69) is 6.92 Å². The van der Waals surface area contributed by atoms with Crippen LogP contribution >= 0.6 is 0 Å². The molecule has 0 aliphatic carbocycles. The van der Waals surface area contributed by atoms with E-state index in [1.165, 1.54) is 5.56 Å². The van der Waals surface area contributed by atoms with Crippen molar-refractivity contribution in [2.24, 2.45) is 11.7 Å². The molecule has 4 heteroatoms. The quantitative estimate of drug-likeness (QED) is 0.837. The Morgan fingerprint density at radius 3 is 2.16 bits per heavy atom. The summed E-state index contributed by atoms with van der Waals surface area (Å²) >= 11 is 0. The van der Waals surface area contributed by atoms with Crippen LogP contribution < -0.4 is 5.73 Å². The van der Waals surface area contributed by atoms with E-state index in [9.17, 15) is 8.42 Å². The summed E-state index contributed by atoms with van der Waals surface area (Å²) in [5.74, 6) is 0.451. The van der Waals surface area contributed by atoms with Gasteiger partial charge in [-0.15, -0.1) is 0 Å². The molecule has 1 aromatic rings. The zero-order chi connectivity index (χ0) is 14.5. The van der Waals surface area contributed by atoms with Gasteiger partial charge in [0.25, 0.3) is 0 Å². The summed E-state index contributed by atoms with van der Waals surface area (Å²) in [7, 11) is -3.08. The fraction of sp³-hybridized carbons (Fsp3) is 0.600. The second-order valence-corrected chi connectivity index (χ2v) is 7.45. The molecule has 1 aromatic carbocycles. The maximum absolute atomic E-state index is 12.0. The minimum absolute atomic E-state index is 0.0306. The first-order valence-corrected chi connectivity index (χ1v) is 8.75. The predicted octanol–water partition coefficient (Wildman–Crippen LogP) is 2.71. The van der Waals surface area contributed by atoms with Gasteiger partial charge in [0, 0.05) is 6.04 Å². The second kappa shape index (κ2) is 7.06. The van der Waals surface area contributed by atoms with E-state index in [4.69, 9.17) is 5.73 Å². The van der Waals surface area contributed by atoms with E-state index < -0.39 is 15.9 Å². The summed E-state index contributed by atoms with van der Waals surface area (Å²) in [5, 5.41) is 0. The molecular weight excluding hydrogens is 258 g/mol. The van der Waals surface area contributed by atoms with Crippen molar-refractivity contribution in [2.75, 3.05) is 11.5 Å². The Morgan fingerprint density at radius 1 is 1.11 bits per heavy atom. The number of rotatable bonds is 7. The first kappa shape index (κ1) is 16.2. The zero-order valence-corrected chi connectivity index (χ0v) is 12.9. The van der Waals surface area contributed by atoms with Gasteiger partial charge in [-0.2, -0.15) is 0 Å². The van der Waals surface area contributed by atoms with E-state index in [0.717, 1.165) is 18.4 Å².